The van der Waals surface area contributed by atoms with E-state index in [0.29, 0.717) is 0 Å². The molecule has 0 aliphatic carbocycles. The number of aryl methyl sites for hydroxylation is 2. The standard InChI is InChI=1S/C15H20BrN3O/c1-4-11-8-12(19(2)18-11)9-14(17)13-6-5-10(16)7-15(13)20-3/h5-8,14H,4,9,17H2,1-3H3. The van der Waals surface area contributed by atoms with E-state index in [-0.39, 0.29) is 6.04 Å². The van der Waals surface area contributed by atoms with E-state index in [9.17, 15) is 0 Å². The van der Waals surface area contributed by atoms with Crippen molar-refractivity contribution in [1.82, 2.24) is 9.78 Å². The predicted molar refractivity (Wildman–Crippen MR) is 83.9 cm³/mol. The van der Waals surface area contributed by atoms with Gasteiger partial charge >= 0.3 is 0 Å². The molecule has 1 unspecified atom stereocenters. The van der Waals surface area contributed by atoms with E-state index in [1.54, 1.807) is 7.11 Å². The van der Waals surface area contributed by atoms with Crippen molar-refractivity contribution in [3.8, 4) is 5.75 Å². The van der Waals surface area contributed by atoms with Crippen LogP contribution in [0.4, 0.5) is 0 Å². The quantitative estimate of drug-likeness (QED) is 0.912. The summed E-state index contributed by atoms with van der Waals surface area (Å²) in [6.45, 7) is 2.10. The van der Waals surface area contributed by atoms with Crippen LogP contribution in [0.15, 0.2) is 28.7 Å². The number of hydrogen-bond donors (Lipinski definition) is 1. The van der Waals surface area contributed by atoms with Crippen molar-refractivity contribution in [1.29, 1.82) is 0 Å². The predicted octanol–water partition coefficient (Wildman–Crippen LogP) is 3.00. The summed E-state index contributed by atoms with van der Waals surface area (Å²) in [6.07, 6.45) is 1.67. The summed E-state index contributed by atoms with van der Waals surface area (Å²) >= 11 is 3.44. The molecule has 0 bridgehead atoms. The maximum Gasteiger partial charge on any atom is 0.124 e. The van der Waals surface area contributed by atoms with Gasteiger partial charge in [-0.25, -0.2) is 0 Å². The van der Waals surface area contributed by atoms with Crippen LogP contribution >= 0.6 is 15.9 Å². The van der Waals surface area contributed by atoms with Gasteiger partial charge in [0.25, 0.3) is 0 Å². The highest BCUT2D eigenvalue weighted by molar-refractivity contribution is 9.10. The number of hydrogen-bond acceptors (Lipinski definition) is 3. The van der Waals surface area contributed by atoms with Gasteiger partial charge in [0.2, 0.25) is 0 Å². The normalized spacial score (nSPS) is 12.4. The van der Waals surface area contributed by atoms with Gasteiger partial charge in [0, 0.05) is 35.2 Å². The second kappa shape index (κ2) is 6.41. The second-order valence-electron chi connectivity index (χ2n) is 4.80. The molecule has 1 aromatic carbocycles. The van der Waals surface area contributed by atoms with Gasteiger partial charge in [-0.15, -0.1) is 0 Å². The third kappa shape index (κ3) is 3.22. The number of rotatable bonds is 5. The molecule has 108 valence electrons. The first-order valence-electron chi connectivity index (χ1n) is 6.66. The van der Waals surface area contributed by atoms with Crippen molar-refractivity contribution < 1.29 is 4.74 Å². The van der Waals surface area contributed by atoms with Gasteiger partial charge in [0.1, 0.15) is 5.75 Å². The Hall–Kier alpha value is -1.33. The molecule has 0 fully saturated rings. The molecular formula is C15H20BrN3O. The van der Waals surface area contributed by atoms with E-state index in [2.05, 4.69) is 34.0 Å². The minimum absolute atomic E-state index is 0.113. The van der Waals surface area contributed by atoms with Crippen molar-refractivity contribution in [2.75, 3.05) is 7.11 Å². The van der Waals surface area contributed by atoms with Crippen molar-refractivity contribution in [3.63, 3.8) is 0 Å². The average Bonchev–Trinajstić information content (AvgIpc) is 2.79. The minimum atomic E-state index is -0.113. The fraction of sp³-hybridized carbons (Fsp3) is 0.400. The topological polar surface area (TPSA) is 53.1 Å². The lowest BCUT2D eigenvalue weighted by Crippen LogP contribution is -2.16. The Morgan fingerprint density at radius 3 is 2.75 bits per heavy atom. The molecule has 5 heteroatoms. The molecule has 2 N–H and O–H groups in total. The molecular weight excluding hydrogens is 318 g/mol. The Morgan fingerprint density at radius 2 is 2.15 bits per heavy atom. The lowest BCUT2D eigenvalue weighted by atomic mass is 10.0. The zero-order chi connectivity index (χ0) is 14.7. The first kappa shape index (κ1) is 15.1. The average molecular weight is 338 g/mol. The summed E-state index contributed by atoms with van der Waals surface area (Å²) in [5.74, 6) is 0.810. The SMILES string of the molecule is CCc1cc(CC(N)c2ccc(Br)cc2OC)n(C)n1. The minimum Gasteiger partial charge on any atom is -0.496 e. The molecule has 0 saturated heterocycles. The van der Waals surface area contributed by atoms with Crippen LogP contribution in [-0.2, 0) is 19.9 Å². The number of ether oxygens (including phenoxy) is 1. The third-order valence-electron chi connectivity index (χ3n) is 3.41. The molecule has 0 radical (unpaired) electrons. The van der Waals surface area contributed by atoms with Gasteiger partial charge in [-0.3, -0.25) is 4.68 Å². The van der Waals surface area contributed by atoms with Crippen molar-refractivity contribution in [2.45, 2.75) is 25.8 Å². The Bertz CT molecular complexity index is 595. The van der Waals surface area contributed by atoms with Gasteiger partial charge < -0.3 is 10.5 Å². The molecule has 0 spiro atoms. The molecule has 1 heterocycles. The number of aromatic nitrogens is 2. The molecule has 2 aromatic rings. The second-order valence-corrected chi connectivity index (χ2v) is 5.72. The summed E-state index contributed by atoms with van der Waals surface area (Å²) in [7, 11) is 3.62. The highest BCUT2D eigenvalue weighted by Crippen LogP contribution is 2.29. The molecule has 0 amide bonds. The molecule has 0 aliphatic rings. The van der Waals surface area contributed by atoms with Gasteiger partial charge in [0.15, 0.2) is 0 Å². The smallest absolute Gasteiger partial charge is 0.124 e. The van der Waals surface area contributed by atoms with Crippen molar-refractivity contribution in [2.24, 2.45) is 12.8 Å². The van der Waals surface area contributed by atoms with Crippen LogP contribution < -0.4 is 10.5 Å². The van der Waals surface area contributed by atoms with E-state index in [1.165, 1.54) is 0 Å². The van der Waals surface area contributed by atoms with E-state index < -0.39 is 0 Å². The molecule has 1 atom stereocenters. The maximum absolute atomic E-state index is 6.34. The van der Waals surface area contributed by atoms with Crippen molar-refractivity contribution in [3.05, 3.63) is 45.7 Å². The van der Waals surface area contributed by atoms with Gasteiger partial charge in [-0.05, 0) is 24.6 Å². The molecule has 2 rings (SSSR count). The van der Waals surface area contributed by atoms with Crippen molar-refractivity contribution >= 4 is 15.9 Å². The number of nitrogens with zero attached hydrogens (tertiary/aromatic N) is 2. The Balaban J connectivity index is 2.23. The van der Waals surface area contributed by atoms with Gasteiger partial charge in [0.05, 0.1) is 12.8 Å². The molecule has 1 aromatic heterocycles. The number of benzene rings is 1. The Labute approximate surface area is 128 Å². The lowest BCUT2D eigenvalue weighted by Gasteiger charge is -2.16. The first-order chi connectivity index (χ1) is 9.55. The highest BCUT2D eigenvalue weighted by Gasteiger charge is 2.15. The summed E-state index contributed by atoms with van der Waals surface area (Å²) in [5, 5.41) is 4.45. The number of halogens is 1. The highest BCUT2D eigenvalue weighted by atomic mass is 79.9. The van der Waals surface area contributed by atoms with Gasteiger partial charge in [-0.2, -0.15) is 5.10 Å². The van der Waals surface area contributed by atoms with Crippen LogP contribution in [0.25, 0.3) is 0 Å². The summed E-state index contributed by atoms with van der Waals surface area (Å²) in [5.41, 5.74) is 9.58. The molecule has 20 heavy (non-hydrogen) atoms. The Morgan fingerprint density at radius 1 is 1.40 bits per heavy atom. The molecule has 0 aliphatic heterocycles. The van der Waals surface area contributed by atoms with Crippen LogP contribution in [0.5, 0.6) is 5.75 Å². The van der Waals surface area contributed by atoms with Crippen LogP contribution in [0, 0.1) is 0 Å². The lowest BCUT2D eigenvalue weighted by molar-refractivity contribution is 0.404. The monoisotopic (exact) mass is 337 g/mol. The fourth-order valence-corrected chi connectivity index (χ4v) is 2.60. The van der Waals surface area contributed by atoms with Gasteiger partial charge in [-0.1, -0.05) is 28.9 Å². The van der Waals surface area contributed by atoms with E-state index in [1.807, 2.05) is 29.9 Å². The van der Waals surface area contributed by atoms with E-state index >= 15 is 0 Å². The molecule has 4 nitrogen and oxygen atoms in total. The largest absolute Gasteiger partial charge is 0.496 e. The summed E-state index contributed by atoms with van der Waals surface area (Å²) in [6, 6.07) is 7.93. The van der Waals surface area contributed by atoms with Crippen LogP contribution in [0.1, 0.15) is 29.9 Å². The van der Waals surface area contributed by atoms with Crippen LogP contribution in [-0.4, -0.2) is 16.9 Å². The zero-order valence-corrected chi connectivity index (χ0v) is 13.6. The number of nitrogens with two attached hydrogens (primary N) is 1. The zero-order valence-electron chi connectivity index (χ0n) is 12.1. The van der Waals surface area contributed by atoms with Crippen LogP contribution in [0.2, 0.25) is 0 Å². The van der Waals surface area contributed by atoms with Crippen LogP contribution in [0.3, 0.4) is 0 Å². The summed E-state index contributed by atoms with van der Waals surface area (Å²) in [4.78, 5) is 0. The maximum atomic E-state index is 6.34. The van der Waals surface area contributed by atoms with E-state index in [4.69, 9.17) is 10.5 Å². The van der Waals surface area contributed by atoms with E-state index in [0.717, 1.165) is 40.0 Å². The first-order valence-corrected chi connectivity index (χ1v) is 7.45. The number of methoxy groups -OCH3 is 1. The molecule has 0 saturated carbocycles. The summed E-state index contributed by atoms with van der Waals surface area (Å²) < 4.78 is 8.30. The third-order valence-corrected chi connectivity index (χ3v) is 3.91. The fourth-order valence-electron chi connectivity index (χ4n) is 2.26. The Kier molecular flexibility index (Phi) is 4.83.